The van der Waals surface area contributed by atoms with Crippen LogP contribution in [0, 0.1) is 0 Å². The summed E-state index contributed by atoms with van der Waals surface area (Å²) >= 11 is 0. The maximum Gasteiger partial charge on any atom is 0.420 e. The van der Waals surface area contributed by atoms with Crippen molar-refractivity contribution in [3.63, 3.8) is 0 Å². The van der Waals surface area contributed by atoms with Gasteiger partial charge in [-0.1, -0.05) is 18.2 Å². The minimum Gasteiger partial charge on any atom is -0.365 e. The average Bonchev–Trinajstić information content (AvgIpc) is 2.94. The number of urea groups is 1. The van der Waals surface area contributed by atoms with Crippen LogP contribution in [0.4, 0.5) is 23.7 Å². The highest BCUT2D eigenvalue weighted by atomic mass is 19.4. The lowest BCUT2D eigenvalue weighted by Gasteiger charge is -2.48. The van der Waals surface area contributed by atoms with Gasteiger partial charge in [0.1, 0.15) is 0 Å². The summed E-state index contributed by atoms with van der Waals surface area (Å²) in [7, 11) is 0.993. The molecule has 128 valence electrons. The Bertz CT molecular complexity index is 724. The largest absolute Gasteiger partial charge is 0.420 e. The zero-order chi connectivity index (χ0) is 17.4. The summed E-state index contributed by atoms with van der Waals surface area (Å²) in [4.78, 5) is 13.1. The molecule has 6 nitrogen and oxygen atoms in total. The van der Waals surface area contributed by atoms with Crippen LogP contribution in [-0.2, 0) is 4.74 Å². The number of hydrogen-bond acceptors (Lipinski definition) is 3. The first-order valence-corrected chi connectivity index (χ1v) is 7.12. The minimum absolute atomic E-state index is 0.394. The van der Waals surface area contributed by atoms with Crippen molar-refractivity contribution in [2.24, 2.45) is 0 Å². The third-order valence-corrected chi connectivity index (χ3v) is 3.94. The molecule has 0 atom stereocenters. The number of ether oxygens (including phenoxy) is 1. The number of carbonyl (C=O) groups excluding carboxylic acids is 1. The number of likely N-dealkylation sites (tertiary alicyclic amines) is 1. The van der Waals surface area contributed by atoms with Crippen molar-refractivity contribution in [2.45, 2.75) is 11.8 Å². The normalized spacial score (nSPS) is 16.6. The number of nitrogens with one attached hydrogen (secondary N) is 1. The van der Waals surface area contributed by atoms with Crippen LogP contribution >= 0.6 is 0 Å². The molecule has 9 heteroatoms. The van der Waals surface area contributed by atoms with E-state index in [1.807, 2.05) is 30.3 Å². The summed E-state index contributed by atoms with van der Waals surface area (Å²) in [5.41, 5.74) is -1.08. The number of amides is 2. The fourth-order valence-corrected chi connectivity index (χ4v) is 2.45. The first-order valence-electron chi connectivity index (χ1n) is 7.12. The van der Waals surface area contributed by atoms with Gasteiger partial charge in [-0.05, 0) is 12.1 Å². The van der Waals surface area contributed by atoms with E-state index < -0.39 is 30.9 Å². The number of alkyl halides is 3. The number of methoxy groups -OCH3 is 1. The maximum absolute atomic E-state index is 12.9. The summed E-state index contributed by atoms with van der Waals surface area (Å²) in [6.07, 6.45) is -1.50. The molecule has 2 amide bonds. The number of halogens is 3. The van der Waals surface area contributed by atoms with Crippen LogP contribution < -0.4 is 5.32 Å². The molecule has 2 heterocycles. The summed E-state index contributed by atoms with van der Waals surface area (Å²) in [6, 6.07) is 8.60. The second kappa shape index (κ2) is 5.82. The monoisotopic (exact) mass is 340 g/mol. The number of rotatable bonds is 3. The molecular weight excluding hydrogens is 325 g/mol. The van der Waals surface area contributed by atoms with Crippen molar-refractivity contribution in [1.29, 1.82) is 0 Å². The van der Waals surface area contributed by atoms with Gasteiger partial charge in [0.05, 0.1) is 36.9 Å². The molecule has 0 saturated carbocycles. The van der Waals surface area contributed by atoms with E-state index in [0.29, 0.717) is 5.69 Å². The molecule has 0 radical (unpaired) electrons. The summed E-state index contributed by atoms with van der Waals surface area (Å²) in [5.74, 6) is 0. The average molecular weight is 340 g/mol. The highest BCUT2D eigenvalue weighted by molar-refractivity contribution is 5.89. The van der Waals surface area contributed by atoms with E-state index in [2.05, 4.69) is 15.2 Å². The minimum atomic E-state index is -4.52. The van der Waals surface area contributed by atoms with E-state index in [9.17, 15) is 18.0 Å². The third kappa shape index (κ3) is 2.82. The van der Waals surface area contributed by atoms with Gasteiger partial charge in [0.25, 0.3) is 0 Å². The molecule has 1 aromatic heterocycles. The number of para-hydroxylation sites is 1. The number of aromatic nitrogens is 2. The molecule has 0 bridgehead atoms. The summed E-state index contributed by atoms with van der Waals surface area (Å²) in [6.45, 7) is -1.07. The predicted octanol–water partition coefficient (Wildman–Crippen LogP) is 2.67. The Labute approximate surface area is 135 Å². The number of hydrogen-bond donors (Lipinski definition) is 1. The predicted molar refractivity (Wildman–Crippen MR) is 80.0 cm³/mol. The number of anilines is 1. The van der Waals surface area contributed by atoms with Gasteiger partial charge < -0.3 is 15.0 Å². The molecule has 1 N–H and O–H groups in total. The van der Waals surface area contributed by atoms with E-state index in [1.54, 1.807) is 10.9 Å². The van der Waals surface area contributed by atoms with Gasteiger partial charge in [-0.2, -0.15) is 18.3 Å². The van der Waals surface area contributed by atoms with E-state index in [1.165, 1.54) is 6.20 Å². The molecule has 0 spiro atoms. The van der Waals surface area contributed by atoms with Crippen molar-refractivity contribution >= 4 is 11.7 Å². The van der Waals surface area contributed by atoms with Crippen LogP contribution in [0.25, 0.3) is 5.69 Å². The highest BCUT2D eigenvalue weighted by Crippen LogP contribution is 2.40. The maximum atomic E-state index is 12.9. The molecule has 1 aliphatic heterocycles. The Kier molecular flexibility index (Phi) is 3.96. The number of benzene rings is 1. The van der Waals surface area contributed by atoms with Crippen molar-refractivity contribution < 1.29 is 22.7 Å². The molecule has 1 saturated heterocycles. The Balaban J connectivity index is 1.62. The van der Waals surface area contributed by atoms with E-state index in [0.717, 1.165) is 17.7 Å². The first-order chi connectivity index (χ1) is 11.3. The fraction of sp³-hybridized carbons (Fsp3) is 0.333. The Morgan fingerprint density at radius 1 is 1.29 bits per heavy atom. The zero-order valence-electron chi connectivity index (χ0n) is 12.7. The molecule has 1 aromatic carbocycles. The van der Waals surface area contributed by atoms with Crippen LogP contribution in [-0.4, -0.2) is 52.7 Å². The Morgan fingerprint density at radius 3 is 2.54 bits per heavy atom. The van der Waals surface area contributed by atoms with Crippen molar-refractivity contribution in [2.75, 3.05) is 25.5 Å². The van der Waals surface area contributed by atoms with Gasteiger partial charge in [0.15, 0.2) is 5.60 Å². The SMILES string of the molecule is COC1(C(F)(F)F)CN(C(=O)Nc2cnn(-c3ccccc3)c2)C1. The molecule has 1 fully saturated rings. The first kappa shape index (κ1) is 16.3. The molecule has 3 rings (SSSR count). The fourth-order valence-electron chi connectivity index (χ4n) is 2.45. The molecule has 1 aliphatic rings. The second-order valence-corrected chi connectivity index (χ2v) is 5.49. The topological polar surface area (TPSA) is 59.4 Å². The Morgan fingerprint density at radius 2 is 1.96 bits per heavy atom. The molecule has 2 aromatic rings. The lowest BCUT2D eigenvalue weighted by molar-refractivity contribution is -0.303. The van der Waals surface area contributed by atoms with E-state index in [4.69, 9.17) is 0 Å². The van der Waals surface area contributed by atoms with Gasteiger partial charge in [-0.15, -0.1) is 0 Å². The van der Waals surface area contributed by atoms with Crippen LogP contribution in [0.1, 0.15) is 0 Å². The lowest BCUT2D eigenvalue weighted by Crippen LogP contribution is -2.71. The van der Waals surface area contributed by atoms with Gasteiger partial charge in [-0.25, -0.2) is 9.48 Å². The van der Waals surface area contributed by atoms with Crippen LogP contribution in [0.15, 0.2) is 42.7 Å². The van der Waals surface area contributed by atoms with Crippen LogP contribution in [0.3, 0.4) is 0 Å². The lowest BCUT2D eigenvalue weighted by atomic mass is 9.93. The second-order valence-electron chi connectivity index (χ2n) is 5.49. The summed E-state index contributed by atoms with van der Waals surface area (Å²) < 4.78 is 44.9. The van der Waals surface area contributed by atoms with Crippen LogP contribution in [0.2, 0.25) is 0 Å². The Hall–Kier alpha value is -2.55. The molecular formula is C15H15F3N4O2. The van der Waals surface area contributed by atoms with Gasteiger partial charge in [0, 0.05) is 7.11 Å². The van der Waals surface area contributed by atoms with Crippen molar-refractivity contribution in [3.8, 4) is 5.69 Å². The van der Waals surface area contributed by atoms with Gasteiger partial charge >= 0.3 is 12.2 Å². The standard InChI is InChI=1S/C15H15F3N4O2/c1-24-14(15(16,17)18)9-21(10-14)13(23)20-11-7-19-22(8-11)12-5-3-2-4-6-12/h2-8H,9-10H2,1H3,(H,20,23). The van der Waals surface area contributed by atoms with Crippen LogP contribution in [0.5, 0.6) is 0 Å². The summed E-state index contributed by atoms with van der Waals surface area (Å²) in [5, 5.41) is 6.63. The van der Waals surface area contributed by atoms with Gasteiger partial charge in [0.2, 0.25) is 0 Å². The third-order valence-electron chi connectivity index (χ3n) is 3.94. The zero-order valence-corrected chi connectivity index (χ0v) is 12.7. The molecule has 0 aliphatic carbocycles. The molecule has 24 heavy (non-hydrogen) atoms. The van der Waals surface area contributed by atoms with E-state index >= 15 is 0 Å². The molecule has 0 unspecified atom stereocenters. The number of carbonyl (C=O) groups is 1. The van der Waals surface area contributed by atoms with Gasteiger partial charge in [-0.3, -0.25) is 0 Å². The van der Waals surface area contributed by atoms with E-state index in [-0.39, 0.29) is 0 Å². The quantitative estimate of drug-likeness (QED) is 0.935. The highest BCUT2D eigenvalue weighted by Gasteiger charge is 2.63. The number of nitrogens with zero attached hydrogens (tertiary/aromatic N) is 3. The smallest absolute Gasteiger partial charge is 0.365 e. The van der Waals surface area contributed by atoms with Crippen molar-refractivity contribution in [1.82, 2.24) is 14.7 Å². The van der Waals surface area contributed by atoms with Crippen molar-refractivity contribution in [3.05, 3.63) is 42.7 Å².